The van der Waals surface area contributed by atoms with Gasteiger partial charge in [-0.05, 0) is 56.2 Å². The van der Waals surface area contributed by atoms with Crippen molar-refractivity contribution in [3.05, 3.63) is 35.4 Å². The molecule has 0 spiro atoms. The van der Waals surface area contributed by atoms with E-state index in [9.17, 15) is 8.78 Å². The van der Waals surface area contributed by atoms with Gasteiger partial charge in [0.15, 0.2) is 11.6 Å². The number of ether oxygens (including phenoxy) is 1. The van der Waals surface area contributed by atoms with Gasteiger partial charge in [-0.25, -0.2) is 8.78 Å². The second kappa shape index (κ2) is 8.44. The molecule has 0 saturated carbocycles. The predicted molar refractivity (Wildman–Crippen MR) is 80.3 cm³/mol. The van der Waals surface area contributed by atoms with Crippen molar-refractivity contribution in [3.8, 4) is 0 Å². The number of benzene rings is 1. The molecule has 1 saturated heterocycles. The summed E-state index contributed by atoms with van der Waals surface area (Å²) in [6.45, 7) is 4.66. The average molecular weight is 297 g/mol. The van der Waals surface area contributed by atoms with E-state index >= 15 is 0 Å². The summed E-state index contributed by atoms with van der Waals surface area (Å²) < 4.78 is 32.6. The van der Waals surface area contributed by atoms with Crippen LogP contribution in [0.5, 0.6) is 0 Å². The Morgan fingerprint density at radius 3 is 2.76 bits per heavy atom. The quantitative estimate of drug-likeness (QED) is 0.828. The zero-order chi connectivity index (χ0) is 15.1. The fraction of sp³-hybridized carbons (Fsp3) is 0.647. The van der Waals surface area contributed by atoms with Crippen LogP contribution in [0.3, 0.4) is 0 Å². The highest BCUT2D eigenvalue weighted by Crippen LogP contribution is 2.23. The molecule has 0 bridgehead atoms. The van der Waals surface area contributed by atoms with Gasteiger partial charge in [0.25, 0.3) is 0 Å². The van der Waals surface area contributed by atoms with Crippen LogP contribution in [0.15, 0.2) is 18.2 Å². The van der Waals surface area contributed by atoms with Gasteiger partial charge in [0, 0.05) is 19.3 Å². The molecule has 1 aliphatic heterocycles. The first-order valence-electron chi connectivity index (χ1n) is 7.94. The van der Waals surface area contributed by atoms with Gasteiger partial charge in [0.2, 0.25) is 0 Å². The molecule has 1 heterocycles. The van der Waals surface area contributed by atoms with Crippen LogP contribution >= 0.6 is 0 Å². The Kier molecular flexibility index (Phi) is 6.58. The molecule has 1 unspecified atom stereocenters. The Balaban J connectivity index is 1.99. The van der Waals surface area contributed by atoms with Gasteiger partial charge >= 0.3 is 0 Å². The van der Waals surface area contributed by atoms with E-state index in [0.717, 1.165) is 45.4 Å². The average Bonchev–Trinajstić information content (AvgIpc) is 2.50. The fourth-order valence-corrected chi connectivity index (χ4v) is 2.94. The molecule has 0 radical (unpaired) electrons. The maximum absolute atomic E-state index is 13.8. The number of hydrogen-bond acceptors (Lipinski definition) is 2. The van der Waals surface area contributed by atoms with E-state index < -0.39 is 11.6 Å². The van der Waals surface area contributed by atoms with Crippen molar-refractivity contribution in [2.45, 2.75) is 45.1 Å². The molecule has 1 aromatic rings. The van der Waals surface area contributed by atoms with Gasteiger partial charge in [0.05, 0.1) is 0 Å². The van der Waals surface area contributed by atoms with Crippen LogP contribution in [0, 0.1) is 17.6 Å². The van der Waals surface area contributed by atoms with Crippen LogP contribution in [0.25, 0.3) is 0 Å². The minimum Gasteiger partial charge on any atom is -0.381 e. The van der Waals surface area contributed by atoms with Crippen molar-refractivity contribution in [2.75, 3.05) is 19.8 Å². The number of rotatable bonds is 7. The molecule has 1 N–H and O–H groups in total. The van der Waals surface area contributed by atoms with Crippen LogP contribution in [-0.4, -0.2) is 25.8 Å². The van der Waals surface area contributed by atoms with Crippen LogP contribution in [0.4, 0.5) is 8.78 Å². The zero-order valence-corrected chi connectivity index (χ0v) is 12.7. The van der Waals surface area contributed by atoms with Crippen molar-refractivity contribution in [3.63, 3.8) is 0 Å². The first-order chi connectivity index (χ1) is 10.2. The van der Waals surface area contributed by atoms with Gasteiger partial charge in [-0.1, -0.05) is 19.1 Å². The summed E-state index contributed by atoms with van der Waals surface area (Å²) in [4.78, 5) is 0. The molecule has 0 aliphatic carbocycles. The summed E-state index contributed by atoms with van der Waals surface area (Å²) in [5.74, 6) is -0.842. The standard InChI is InChI=1S/C17H25F2NO/c1-2-8-20-15(11-13-6-9-21-10-7-13)12-14-4-3-5-16(18)17(14)19/h3-5,13,15,20H,2,6-12H2,1H3. The van der Waals surface area contributed by atoms with Crippen molar-refractivity contribution < 1.29 is 13.5 Å². The minimum atomic E-state index is -0.757. The second-order valence-electron chi connectivity index (χ2n) is 5.86. The molecular formula is C17H25F2NO. The third-order valence-electron chi connectivity index (χ3n) is 4.14. The van der Waals surface area contributed by atoms with Crippen LogP contribution in [-0.2, 0) is 11.2 Å². The Labute approximate surface area is 125 Å². The summed E-state index contributed by atoms with van der Waals surface area (Å²) in [5, 5.41) is 3.48. The van der Waals surface area contributed by atoms with E-state index in [1.807, 2.05) is 0 Å². The smallest absolute Gasteiger partial charge is 0.162 e. The van der Waals surface area contributed by atoms with E-state index in [4.69, 9.17) is 4.74 Å². The van der Waals surface area contributed by atoms with Gasteiger partial charge in [-0.3, -0.25) is 0 Å². The Morgan fingerprint density at radius 1 is 1.29 bits per heavy atom. The van der Waals surface area contributed by atoms with Gasteiger partial charge in [-0.15, -0.1) is 0 Å². The predicted octanol–water partition coefficient (Wildman–Crippen LogP) is 3.69. The minimum absolute atomic E-state index is 0.198. The van der Waals surface area contributed by atoms with Crippen LogP contribution < -0.4 is 5.32 Å². The summed E-state index contributed by atoms with van der Waals surface area (Å²) in [6, 6.07) is 4.64. The van der Waals surface area contributed by atoms with Crippen molar-refractivity contribution >= 4 is 0 Å². The van der Waals surface area contributed by atoms with Gasteiger partial charge < -0.3 is 10.1 Å². The highest BCUT2D eigenvalue weighted by Gasteiger charge is 2.20. The number of nitrogens with one attached hydrogen (secondary N) is 1. The number of halogens is 2. The molecule has 2 nitrogen and oxygen atoms in total. The lowest BCUT2D eigenvalue weighted by molar-refractivity contribution is 0.0605. The third kappa shape index (κ3) is 5.04. The number of hydrogen-bond donors (Lipinski definition) is 1. The second-order valence-corrected chi connectivity index (χ2v) is 5.86. The molecule has 1 fully saturated rings. The third-order valence-corrected chi connectivity index (χ3v) is 4.14. The highest BCUT2D eigenvalue weighted by atomic mass is 19.2. The Bertz CT molecular complexity index is 433. The zero-order valence-electron chi connectivity index (χ0n) is 12.7. The van der Waals surface area contributed by atoms with E-state index in [2.05, 4.69) is 12.2 Å². The maximum Gasteiger partial charge on any atom is 0.162 e. The van der Waals surface area contributed by atoms with E-state index in [0.29, 0.717) is 17.9 Å². The summed E-state index contributed by atoms with van der Waals surface area (Å²) in [7, 11) is 0. The lowest BCUT2D eigenvalue weighted by Crippen LogP contribution is -2.35. The topological polar surface area (TPSA) is 21.3 Å². The molecule has 0 amide bonds. The van der Waals surface area contributed by atoms with E-state index in [1.54, 1.807) is 12.1 Å². The monoisotopic (exact) mass is 297 g/mol. The van der Waals surface area contributed by atoms with Gasteiger partial charge in [-0.2, -0.15) is 0 Å². The largest absolute Gasteiger partial charge is 0.381 e. The SMILES string of the molecule is CCCNC(Cc1cccc(F)c1F)CC1CCOCC1. The first-order valence-corrected chi connectivity index (χ1v) is 7.94. The lowest BCUT2D eigenvalue weighted by Gasteiger charge is -2.27. The van der Waals surface area contributed by atoms with Crippen molar-refractivity contribution in [2.24, 2.45) is 5.92 Å². The van der Waals surface area contributed by atoms with Crippen molar-refractivity contribution in [1.29, 1.82) is 0 Å². The van der Waals surface area contributed by atoms with Gasteiger partial charge in [0.1, 0.15) is 0 Å². The molecule has 1 atom stereocenters. The molecular weight excluding hydrogens is 272 g/mol. The maximum atomic E-state index is 13.8. The molecule has 0 aromatic heterocycles. The fourth-order valence-electron chi connectivity index (χ4n) is 2.94. The molecule has 1 aliphatic rings. The molecule has 1 aromatic carbocycles. The molecule has 4 heteroatoms. The van der Waals surface area contributed by atoms with E-state index in [1.165, 1.54) is 6.07 Å². The molecule has 118 valence electrons. The molecule has 2 rings (SSSR count). The highest BCUT2D eigenvalue weighted by molar-refractivity contribution is 5.20. The Morgan fingerprint density at radius 2 is 2.05 bits per heavy atom. The normalized spacial score (nSPS) is 17.9. The summed E-state index contributed by atoms with van der Waals surface area (Å²) >= 11 is 0. The summed E-state index contributed by atoms with van der Waals surface area (Å²) in [6.07, 6.45) is 4.71. The summed E-state index contributed by atoms with van der Waals surface area (Å²) in [5.41, 5.74) is 0.468. The first kappa shape index (κ1) is 16.4. The lowest BCUT2D eigenvalue weighted by atomic mass is 9.89. The Hall–Kier alpha value is -1.00. The van der Waals surface area contributed by atoms with E-state index in [-0.39, 0.29) is 6.04 Å². The van der Waals surface area contributed by atoms with Crippen LogP contribution in [0.2, 0.25) is 0 Å². The van der Waals surface area contributed by atoms with Crippen molar-refractivity contribution in [1.82, 2.24) is 5.32 Å². The van der Waals surface area contributed by atoms with Crippen LogP contribution in [0.1, 0.15) is 38.2 Å². The molecule has 21 heavy (non-hydrogen) atoms.